The number of hydrogen-bond donors (Lipinski definition) is 0. The van der Waals surface area contributed by atoms with E-state index in [1.54, 1.807) is 11.1 Å². The van der Waals surface area contributed by atoms with Crippen molar-refractivity contribution in [2.75, 3.05) is 4.90 Å². The summed E-state index contributed by atoms with van der Waals surface area (Å²) in [5.41, 5.74) is 17.8. The van der Waals surface area contributed by atoms with Crippen LogP contribution in [0.5, 0.6) is 0 Å². The Morgan fingerprint density at radius 1 is 0.396 bits per heavy atom. The van der Waals surface area contributed by atoms with Crippen molar-refractivity contribution in [1.82, 2.24) is 0 Å². The summed E-state index contributed by atoms with van der Waals surface area (Å²) >= 11 is 0. The van der Waals surface area contributed by atoms with Gasteiger partial charge in [0.05, 0.1) is 5.69 Å². The Morgan fingerprint density at radius 3 is 1.55 bits per heavy atom. The van der Waals surface area contributed by atoms with Crippen molar-refractivity contribution in [1.29, 1.82) is 0 Å². The maximum Gasteiger partial charge on any atom is 0.0540 e. The molecule has 2 aliphatic rings. The van der Waals surface area contributed by atoms with E-state index in [4.69, 9.17) is 0 Å². The van der Waals surface area contributed by atoms with Crippen molar-refractivity contribution < 1.29 is 0 Å². The quantitative estimate of drug-likeness (QED) is 0.146. The van der Waals surface area contributed by atoms with Crippen molar-refractivity contribution in [3.8, 4) is 22.3 Å². The molecule has 7 aromatic carbocycles. The molecule has 0 radical (unpaired) electrons. The molecule has 9 rings (SSSR count). The fourth-order valence-corrected chi connectivity index (χ4v) is 10.0. The van der Waals surface area contributed by atoms with Gasteiger partial charge in [-0.25, -0.2) is 0 Å². The van der Waals surface area contributed by atoms with Gasteiger partial charge in [0.1, 0.15) is 0 Å². The van der Waals surface area contributed by atoms with Crippen molar-refractivity contribution in [3.05, 3.63) is 186 Å². The summed E-state index contributed by atoms with van der Waals surface area (Å²) in [4.78, 5) is 2.41. The van der Waals surface area contributed by atoms with Crippen LogP contribution in [0.4, 0.5) is 17.1 Å². The predicted molar refractivity (Wildman–Crippen MR) is 227 cm³/mol. The predicted octanol–water partition coefficient (Wildman–Crippen LogP) is 14.7. The third-order valence-corrected chi connectivity index (χ3v) is 12.8. The van der Waals surface area contributed by atoms with Crippen molar-refractivity contribution in [2.45, 2.75) is 64.2 Å². The van der Waals surface area contributed by atoms with Crippen LogP contribution in [0, 0.1) is 0 Å². The van der Waals surface area contributed by atoms with Gasteiger partial charge in [-0.3, -0.25) is 0 Å². The molecule has 0 aliphatic heterocycles. The Labute approximate surface area is 315 Å². The second-order valence-electron chi connectivity index (χ2n) is 14.9. The molecule has 1 nitrogen and oxygen atoms in total. The zero-order valence-electron chi connectivity index (χ0n) is 31.4. The van der Waals surface area contributed by atoms with E-state index in [0.29, 0.717) is 0 Å². The summed E-state index contributed by atoms with van der Waals surface area (Å²) in [6, 6.07) is 60.9. The molecule has 0 fully saturated rings. The van der Waals surface area contributed by atoms with Gasteiger partial charge in [0, 0.05) is 27.6 Å². The first kappa shape index (κ1) is 33.2. The molecule has 0 N–H and O–H groups in total. The Morgan fingerprint density at radius 2 is 0.887 bits per heavy atom. The number of hydrogen-bond acceptors (Lipinski definition) is 1. The van der Waals surface area contributed by atoms with E-state index in [-0.39, 0.29) is 10.8 Å². The topological polar surface area (TPSA) is 3.24 Å². The summed E-state index contributed by atoms with van der Waals surface area (Å²) in [5, 5.41) is 2.47. The average Bonchev–Trinajstić information content (AvgIpc) is 3.70. The summed E-state index contributed by atoms with van der Waals surface area (Å²) in [6.45, 7) is 9.59. The lowest BCUT2D eigenvalue weighted by Crippen LogP contribution is -2.25. The zero-order valence-corrected chi connectivity index (χ0v) is 31.4. The molecule has 53 heavy (non-hydrogen) atoms. The number of benzene rings is 7. The number of anilines is 3. The molecular formula is C52H47N. The maximum atomic E-state index is 2.54. The summed E-state index contributed by atoms with van der Waals surface area (Å²) in [5.74, 6) is 0. The molecule has 260 valence electrons. The maximum absolute atomic E-state index is 2.54. The number of allylic oxidation sites excluding steroid dienone is 2. The van der Waals surface area contributed by atoms with Crippen molar-refractivity contribution >= 4 is 39.0 Å². The SMILES string of the molecule is CCC1(CC)C2=C(c3ccccc31)C(CC)(CC)c1cc(-c3ccc(N(c4ccc(-c5ccccc5)cc4)c4cccc5ccccc45)cc3)ccc12. The van der Waals surface area contributed by atoms with E-state index in [9.17, 15) is 0 Å². The van der Waals surface area contributed by atoms with Gasteiger partial charge in [-0.2, -0.15) is 0 Å². The summed E-state index contributed by atoms with van der Waals surface area (Å²) < 4.78 is 0. The normalized spacial score (nSPS) is 14.9. The minimum Gasteiger partial charge on any atom is -0.310 e. The smallest absolute Gasteiger partial charge is 0.0540 e. The Bertz CT molecular complexity index is 2470. The lowest BCUT2D eigenvalue weighted by atomic mass is 9.69. The average molecular weight is 686 g/mol. The van der Waals surface area contributed by atoms with Crippen LogP contribution in [0.15, 0.2) is 164 Å². The third-order valence-electron chi connectivity index (χ3n) is 12.8. The van der Waals surface area contributed by atoms with Crippen LogP contribution in [-0.2, 0) is 10.8 Å². The van der Waals surface area contributed by atoms with E-state index < -0.39 is 0 Å². The van der Waals surface area contributed by atoms with Gasteiger partial charge in [-0.15, -0.1) is 0 Å². The highest BCUT2D eigenvalue weighted by molar-refractivity contribution is 6.10. The molecular weight excluding hydrogens is 639 g/mol. The molecule has 0 aromatic heterocycles. The van der Waals surface area contributed by atoms with Crippen LogP contribution in [0.25, 0.3) is 44.2 Å². The standard InChI is InChI=1S/C52H47N/c1-5-51(6-2)46-23-15-14-22-44(46)49-50(51)45-34-29-40(35-47(45)52(49,7-3)8-4)38-27-32-42(33-28-38)53(48-24-16-20-39-19-12-13-21-43(39)48)41-30-25-37(26-31-41)36-17-10-9-11-18-36/h9-35H,5-8H2,1-4H3. The zero-order chi connectivity index (χ0) is 36.2. The highest BCUT2D eigenvalue weighted by Gasteiger charge is 2.54. The monoisotopic (exact) mass is 685 g/mol. The molecule has 2 aliphatic carbocycles. The number of fused-ring (bicyclic) bond motifs is 5. The van der Waals surface area contributed by atoms with Crippen LogP contribution < -0.4 is 4.90 Å². The van der Waals surface area contributed by atoms with Crippen LogP contribution in [0.3, 0.4) is 0 Å². The second kappa shape index (κ2) is 13.1. The van der Waals surface area contributed by atoms with E-state index in [1.807, 2.05) is 0 Å². The van der Waals surface area contributed by atoms with Crippen molar-refractivity contribution in [2.24, 2.45) is 0 Å². The Balaban J connectivity index is 1.13. The van der Waals surface area contributed by atoms with Crippen molar-refractivity contribution in [3.63, 3.8) is 0 Å². The Kier molecular flexibility index (Phi) is 8.19. The summed E-state index contributed by atoms with van der Waals surface area (Å²) in [6.07, 6.45) is 4.43. The molecule has 0 spiro atoms. The first-order valence-corrected chi connectivity index (χ1v) is 19.6. The fraction of sp³-hybridized carbons (Fsp3) is 0.192. The summed E-state index contributed by atoms with van der Waals surface area (Å²) in [7, 11) is 0. The van der Waals surface area contributed by atoms with Gasteiger partial charge >= 0.3 is 0 Å². The molecule has 0 saturated carbocycles. The van der Waals surface area contributed by atoms with Gasteiger partial charge in [-0.05, 0) is 123 Å². The van der Waals surface area contributed by atoms with E-state index in [0.717, 1.165) is 37.1 Å². The highest BCUT2D eigenvalue weighted by Crippen LogP contribution is 2.66. The van der Waals surface area contributed by atoms with E-state index in [2.05, 4.69) is 196 Å². The molecule has 0 heterocycles. The largest absolute Gasteiger partial charge is 0.310 e. The molecule has 0 unspecified atom stereocenters. The van der Waals surface area contributed by atoms with Gasteiger partial charge in [0.25, 0.3) is 0 Å². The van der Waals surface area contributed by atoms with Crippen LogP contribution in [0.2, 0.25) is 0 Å². The van der Waals surface area contributed by atoms with Gasteiger partial charge in [0.15, 0.2) is 0 Å². The number of rotatable bonds is 9. The molecule has 0 bridgehead atoms. The first-order chi connectivity index (χ1) is 26.1. The molecule has 0 amide bonds. The van der Waals surface area contributed by atoms with Crippen LogP contribution >= 0.6 is 0 Å². The molecule has 7 aromatic rings. The first-order valence-electron chi connectivity index (χ1n) is 19.6. The van der Waals surface area contributed by atoms with Crippen LogP contribution in [-0.4, -0.2) is 0 Å². The molecule has 0 atom stereocenters. The van der Waals surface area contributed by atoms with Gasteiger partial charge in [-0.1, -0.05) is 155 Å². The Hall–Kier alpha value is -5.66. The van der Waals surface area contributed by atoms with E-state index >= 15 is 0 Å². The molecule has 0 saturated heterocycles. The minimum absolute atomic E-state index is 0.0138. The van der Waals surface area contributed by atoms with Gasteiger partial charge < -0.3 is 4.90 Å². The lowest BCUT2D eigenvalue weighted by molar-refractivity contribution is 0.518. The van der Waals surface area contributed by atoms with Crippen LogP contribution in [0.1, 0.15) is 75.6 Å². The second-order valence-corrected chi connectivity index (χ2v) is 14.9. The van der Waals surface area contributed by atoms with E-state index in [1.165, 1.54) is 61.0 Å². The fourth-order valence-electron chi connectivity index (χ4n) is 10.0. The lowest BCUT2D eigenvalue weighted by Gasteiger charge is -2.34. The highest BCUT2D eigenvalue weighted by atomic mass is 15.1. The van der Waals surface area contributed by atoms with Gasteiger partial charge in [0.2, 0.25) is 0 Å². The number of nitrogens with zero attached hydrogens (tertiary/aromatic N) is 1. The molecule has 1 heteroatoms. The minimum atomic E-state index is 0.0138. The third kappa shape index (κ3) is 4.97.